The summed E-state index contributed by atoms with van der Waals surface area (Å²) in [5, 5.41) is 6.95. The number of carbonyl (C=O) groups excluding carboxylic acids is 2. The Morgan fingerprint density at radius 1 is 1.03 bits per heavy atom. The second-order valence-electron chi connectivity index (χ2n) is 9.60. The van der Waals surface area contributed by atoms with Gasteiger partial charge in [0.2, 0.25) is 11.8 Å². The van der Waals surface area contributed by atoms with E-state index in [1.807, 2.05) is 24.3 Å². The average molecular weight is 553 g/mol. The van der Waals surface area contributed by atoms with Gasteiger partial charge in [-0.1, -0.05) is 49.2 Å². The highest BCUT2D eigenvalue weighted by atomic mass is 32.2. The molecule has 1 heterocycles. The van der Waals surface area contributed by atoms with Crippen LogP contribution in [0.2, 0.25) is 0 Å². The second-order valence-corrected chi connectivity index (χ2v) is 10.5. The molecule has 2 N–H and O–H groups in total. The fourth-order valence-corrected chi connectivity index (χ4v) is 5.63. The standard InChI is InChI=1S/C29H36N4O5S/c1-37-24-13-12-20(18-25(24)38-2)14-16-30-27(35)19-39-29-32-23-11-7-6-10-22(23)28(36)33(29)17-15-26(34)31-21-8-4-3-5-9-21/h6-7,10-13,18,21H,3-5,8-9,14-17,19H2,1-2H3,(H,30,35)(H,31,34). The number of rotatable bonds is 12. The van der Waals surface area contributed by atoms with Crippen LogP contribution in [0, 0.1) is 0 Å². The molecule has 10 heteroatoms. The van der Waals surface area contributed by atoms with Crippen molar-refractivity contribution >= 4 is 34.5 Å². The van der Waals surface area contributed by atoms with Gasteiger partial charge in [0.05, 0.1) is 30.9 Å². The number of methoxy groups -OCH3 is 2. The predicted octanol–water partition coefficient (Wildman–Crippen LogP) is 3.70. The lowest BCUT2D eigenvalue weighted by atomic mass is 9.95. The maximum Gasteiger partial charge on any atom is 0.262 e. The predicted molar refractivity (Wildman–Crippen MR) is 153 cm³/mol. The van der Waals surface area contributed by atoms with E-state index in [0.717, 1.165) is 31.2 Å². The molecule has 1 fully saturated rings. The number of benzene rings is 2. The van der Waals surface area contributed by atoms with Crippen molar-refractivity contribution in [3.05, 3.63) is 58.4 Å². The third-order valence-corrected chi connectivity index (χ3v) is 7.85. The number of fused-ring (bicyclic) bond motifs is 1. The van der Waals surface area contributed by atoms with Crippen LogP contribution in [0.4, 0.5) is 0 Å². The van der Waals surface area contributed by atoms with Crippen LogP contribution in [0.25, 0.3) is 10.9 Å². The number of carbonyl (C=O) groups is 2. The maximum absolute atomic E-state index is 13.3. The Bertz CT molecular complexity index is 1350. The van der Waals surface area contributed by atoms with Gasteiger partial charge < -0.3 is 20.1 Å². The maximum atomic E-state index is 13.3. The molecule has 0 bridgehead atoms. The number of hydrogen-bond acceptors (Lipinski definition) is 7. The number of nitrogens with zero attached hydrogens (tertiary/aromatic N) is 2. The molecule has 1 aliphatic rings. The number of para-hydroxylation sites is 1. The van der Waals surface area contributed by atoms with Gasteiger partial charge in [-0.2, -0.15) is 0 Å². The normalized spacial score (nSPS) is 13.7. The summed E-state index contributed by atoms with van der Waals surface area (Å²) >= 11 is 1.20. The number of nitrogens with one attached hydrogen (secondary N) is 2. The van der Waals surface area contributed by atoms with E-state index < -0.39 is 0 Å². The zero-order valence-electron chi connectivity index (χ0n) is 22.5. The average Bonchev–Trinajstić information content (AvgIpc) is 2.96. The molecule has 9 nitrogen and oxygen atoms in total. The number of thioether (sulfide) groups is 1. The molecule has 0 unspecified atom stereocenters. The minimum Gasteiger partial charge on any atom is -0.493 e. The van der Waals surface area contributed by atoms with E-state index in [4.69, 9.17) is 9.47 Å². The van der Waals surface area contributed by atoms with E-state index in [1.165, 1.54) is 22.7 Å². The van der Waals surface area contributed by atoms with Crippen molar-refractivity contribution in [2.24, 2.45) is 0 Å². The van der Waals surface area contributed by atoms with Crippen LogP contribution in [0.1, 0.15) is 44.1 Å². The Morgan fingerprint density at radius 3 is 2.56 bits per heavy atom. The van der Waals surface area contributed by atoms with E-state index in [9.17, 15) is 14.4 Å². The highest BCUT2D eigenvalue weighted by Gasteiger charge is 2.18. The summed E-state index contributed by atoms with van der Waals surface area (Å²) in [7, 11) is 3.18. The summed E-state index contributed by atoms with van der Waals surface area (Å²) in [6.45, 7) is 0.659. The topological polar surface area (TPSA) is 112 Å². The molecular formula is C29H36N4O5S. The van der Waals surface area contributed by atoms with Crippen molar-refractivity contribution in [1.82, 2.24) is 20.2 Å². The van der Waals surface area contributed by atoms with Gasteiger partial charge in [0.25, 0.3) is 5.56 Å². The molecule has 0 atom stereocenters. The molecule has 1 aromatic heterocycles. The van der Waals surface area contributed by atoms with E-state index in [0.29, 0.717) is 40.5 Å². The number of ether oxygens (including phenoxy) is 2. The van der Waals surface area contributed by atoms with E-state index in [-0.39, 0.29) is 42.1 Å². The van der Waals surface area contributed by atoms with Crippen LogP contribution in [-0.4, -0.2) is 53.9 Å². The smallest absolute Gasteiger partial charge is 0.262 e. The van der Waals surface area contributed by atoms with Crippen LogP contribution >= 0.6 is 11.8 Å². The minimum absolute atomic E-state index is 0.0641. The van der Waals surface area contributed by atoms with Crippen LogP contribution < -0.4 is 25.7 Å². The monoisotopic (exact) mass is 552 g/mol. The Balaban J connectivity index is 1.36. The highest BCUT2D eigenvalue weighted by molar-refractivity contribution is 7.99. The summed E-state index contributed by atoms with van der Waals surface area (Å²) in [5.74, 6) is 1.17. The van der Waals surface area contributed by atoms with Gasteiger partial charge in [0.1, 0.15) is 0 Å². The molecule has 3 aromatic rings. The second kappa shape index (κ2) is 14.0. The zero-order chi connectivity index (χ0) is 27.6. The van der Waals surface area contributed by atoms with Crippen molar-refractivity contribution in [1.29, 1.82) is 0 Å². The highest BCUT2D eigenvalue weighted by Crippen LogP contribution is 2.27. The van der Waals surface area contributed by atoms with Gasteiger partial charge in [0, 0.05) is 25.6 Å². The quantitative estimate of drug-likeness (QED) is 0.260. The third-order valence-electron chi connectivity index (χ3n) is 6.88. The largest absolute Gasteiger partial charge is 0.493 e. The van der Waals surface area contributed by atoms with E-state index >= 15 is 0 Å². The molecule has 208 valence electrons. The number of aromatic nitrogens is 2. The molecule has 0 aliphatic heterocycles. The van der Waals surface area contributed by atoms with Gasteiger partial charge in [-0.25, -0.2) is 4.98 Å². The summed E-state index contributed by atoms with van der Waals surface area (Å²) in [5.41, 5.74) is 1.38. The summed E-state index contributed by atoms with van der Waals surface area (Å²) in [4.78, 5) is 43.2. The Labute approximate surface area is 232 Å². The molecule has 1 aliphatic carbocycles. The van der Waals surface area contributed by atoms with Crippen molar-refractivity contribution in [3.63, 3.8) is 0 Å². The molecule has 0 spiro atoms. The lowest BCUT2D eigenvalue weighted by molar-refractivity contribution is -0.122. The van der Waals surface area contributed by atoms with E-state index in [1.54, 1.807) is 32.4 Å². The zero-order valence-corrected chi connectivity index (χ0v) is 23.4. The molecule has 2 aromatic carbocycles. The molecule has 1 saturated carbocycles. The number of amides is 2. The Morgan fingerprint density at radius 2 is 1.79 bits per heavy atom. The van der Waals surface area contributed by atoms with Crippen LogP contribution in [0.3, 0.4) is 0 Å². The van der Waals surface area contributed by atoms with Crippen molar-refractivity contribution in [2.45, 2.75) is 62.7 Å². The van der Waals surface area contributed by atoms with Gasteiger partial charge in [-0.3, -0.25) is 19.0 Å². The fraction of sp³-hybridized carbons (Fsp3) is 0.448. The Hall–Kier alpha value is -3.53. The third kappa shape index (κ3) is 7.75. The van der Waals surface area contributed by atoms with Crippen molar-refractivity contribution < 1.29 is 19.1 Å². The van der Waals surface area contributed by atoms with Gasteiger partial charge in [-0.15, -0.1) is 0 Å². The van der Waals surface area contributed by atoms with Crippen molar-refractivity contribution in [3.8, 4) is 11.5 Å². The Kier molecular flexibility index (Phi) is 10.2. The molecule has 39 heavy (non-hydrogen) atoms. The molecule has 0 radical (unpaired) electrons. The molecule has 2 amide bonds. The summed E-state index contributed by atoms with van der Waals surface area (Å²) in [6, 6.07) is 13.0. The van der Waals surface area contributed by atoms with Crippen LogP contribution in [0.15, 0.2) is 52.4 Å². The van der Waals surface area contributed by atoms with Gasteiger partial charge in [0.15, 0.2) is 16.7 Å². The summed E-state index contributed by atoms with van der Waals surface area (Å²) < 4.78 is 12.1. The molecule has 0 saturated heterocycles. The first-order valence-electron chi connectivity index (χ1n) is 13.4. The van der Waals surface area contributed by atoms with Crippen LogP contribution in [-0.2, 0) is 22.6 Å². The lowest BCUT2D eigenvalue weighted by Gasteiger charge is -2.23. The first kappa shape index (κ1) is 28.5. The SMILES string of the molecule is COc1ccc(CCNC(=O)CSc2nc3ccccc3c(=O)n2CCC(=O)NC2CCCCC2)cc1OC. The van der Waals surface area contributed by atoms with Crippen molar-refractivity contribution in [2.75, 3.05) is 26.5 Å². The molecular weight excluding hydrogens is 516 g/mol. The first-order chi connectivity index (χ1) is 19.0. The van der Waals surface area contributed by atoms with Gasteiger partial charge in [-0.05, 0) is 49.1 Å². The summed E-state index contributed by atoms with van der Waals surface area (Å²) in [6.07, 6.45) is 6.31. The fourth-order valence-electron chi connectivity index (χ4n) is 4.78. The van der Waals surface area contributed by atoms with Gasteiger partial charge >= 0.3 is 0 Å². The molecule has 4 rings (SSSR count). The lowest BCUT2D eigenvalue weighted by Crippen LogP contribution is -2.37. The minimum atomic E-state index is -0.206. The first-order valence-corrected chi connectivity index (χ1v) is 14.4. The van der Waals surface area contributed by atoms with E-state index in [2.05, 4.69) is 15.6 Å². The number of hydrogen-bond donors (Lipinski definition) is 2. The van der Waals surface area contributed by atoms with Crippen LogP contribution in [0.5, 0.6) is 11.5 Å².